The SMILES string of the molecule is Cc1c(C(=O)OCC(=O)NC2CCCC2)sc2cccc(F)c12. The zero-order valence-corrected chi connectivity index (χ0v) is 13.7. The topological polar surface area (TPSA) is 55.4 Å². The Hall–Kier alpha value is -1.95. The van der Waals surface area contributed by atoms with Gasteiger partial charge in [-0.05, 0) is 37.5 Å². The van der Waals surface area contributed by atoms with Gasteiger partial charge in [0, 0.05) is 16.1 Å². The standard InChI is InChI=1S/C17H18FNO3S/c1-10-15-12(18)7-4-8-13(15)23-16(10)17(21)22-9-14(20)19-11-5-2-3-6-11/h4,7-8,11H,2-3,5-6,9H2,1H3,(H,19,20). The molecule has 1 heterocycles. The van der Waals surface area contributed by atoms with Gasteiger partial charge in [-0.25, -0.2) is 9.18 Å². The van der Waals surface area contributed by atoms with Gasteiger partial charge < -0.3 is 10.1 Å². The minimum atomic E-state index is -0.579. The van der Waals surface area contributed by atoms with Crippen LogP contribution in [0.5, 0.6) is 0 Å². The molecule has 0 radical (unpaired) electrons. The number of thiophene rings is 1. The molecule has 1 aromatic carbocycles. The number of hydrogen-bond donors (Lipinski definition) is 1. The Bertz CT molecular complexity index is 750. The number of ether oxygens (including phenoxy) is 1. The van der Waals surface area contributed by atoms with Crippen molar-refractivity contribution in [2.75, 3.05) is 6.61 Å². The van der Waals surface area contributed by atoms with Crippen LogP contribution in [-0.2, 0) is 9.53 Å². The summed E-state index contributed by atoms with van der Waals surface area (Å²) in [6.45, 7) is 1.39. The Morgan fingerprint density at radius 1 is 1.35 bits per heavy atom. The van der Waals surface area contributed by atoms with E-state index >= 15 is 0 Å². The summed E-state index contributed by atoms with van der Waals surface area (Å²) >= 11 is 1.18. The molecule has 1 fully saturated rings. The van der Waals surface area contributed by atoms with Gasteiger partial charge in [0.25, 0.3) is 5.91 Å². The average molecular weight is 335 g/mol. The van der Waals surface area contributed by atoms with Crippen LogP contribution in [0.2, 0.25) is 0 Å². The summed E-state index contributed by atoms with van der Waals surface area (Å²) in [5.74, 6) is -1.21. The molecule has 0 saturated heterocycles. The van der Waals surface area contributed by atoms with Gasteiger partial charge >= 0.3 is 5.97 Å². The number of rotatable bonds is 4. The van der Waals surface area contributed by atoms with Crippen LogP contribution in [0.4, 0.5) is 4.39 Å². The highest BCUT2D eigenvalue weighted by Crippen LogP contribution is 2.32. The average Bonchev–Trinajstić information content (AvgIpc) is 3.14. The third-order valence-corrected chi connectivity index (χ3v) is 5.38. The number of carbonyl (C=O) groups excluding carboxylic acids is 2. The minimum absolute atomic E-state index is 0.196. The molecule has 3 rings (SSSR count). The van der Waals surface area contributed by atoms with Crippen molar-refractivity contribution in [1.29, 1.82) is 0 Å². The Morgan fingerprint density at radius 2 is 2.09 bits per heavy atom. The van der Waals surface area contributed by atoms with Crippen molar-refractivity contribution >= 4 is 33.3 Å². The molecule has 1 aliphatic carbocycles. The predicted octanol–water partition coefficient (Wildman–Crippen LogP) is 3.56. The molecular weight excluding hydrogens is 317 g/mol. The summed E-state index contributed by atoms with van der Waals surface area (Å²) in [5, 5.41) is 3.31. The van der Waals surface area contributed by atoms with Crippen LogP contribution in [0.1, 0.15) is 40.9 Å². The lowest BCUT2D eigenvalue weighted by Gasteiger charge is -2.11. The number of amides is 1. The van der Waals surface area contributed by atoms with Crippen molar-refractivity contribution in [3.8, 4) is 0 Å². The summed E-state index contributed by atoms with van der Waals surface area (Å²) in [6, 6.07) is 4.94. The molecule has 1 aromatic heterocycles. The van der Waals surface area contributed by atoms with E-state index in [0.29, 0.717) is 20.5 Å². The molecule has 1 amide bonds. The van der Waals surface area contributed by atoms with E-state index in [1.807, 2.05) is 0 Å². The summed E-state index contributed by atoms with van der Waals surface area (Å²) in [4.78, 5) is 24.3. The molecule has 4 nitrogen and oxygen atoms in total. The Balaban J connectivity index is 1.65. The van der Waals surface area contributed by atoms with Crippen molar-refractivity contribution in [3.63, 3.8) is 0 Å². The first-order valence-corrected chi connectivity index (χ1v) is 8.52. The van der Waals surface area contributed by atoms with Gasteiger partial charge in [0.15, 0.2) is 6.61 Å². The number of aryl methyl sites for hydroxylation is 1. The van der Waals surface area contributed by atoms with Gasteiger partial charge in [0.2, 0.25) is 0 Å². The molecule has 2 aromatic rings. The number of nitrogens with one attached hydrogen (secondary N) is 1. The highest BCUT2D eigenvalue weighted by atomic mass is 32.1. The maximum atomic E-state index is 13.9. The van der Waals surface area contributed by atoms with Crippen molar-refractivity contribution in [2.45, 2.75) is 38.6 Å². The number of hydrogen-bond acceptors (Lipinski definition) is 4. The zero-order chi connectivity index (χ0) is 16.4. The van der Waals surface area contributed by atoms with Crippen LogP contribution in [0.3, 0.4) is 0 Å². The first-order valence-electron chi connectivity index (χ1n) is 7.70. The van der Waals surface area contributed by atoms with Gasteiger partial charge in [-0.1, -0.05) is 18.9 Å². The fraction of sp³-hybridized carbons (Fsp3) is 0.412. The molecule has 122 valence electrons. The molecule has 1 saturated carbocycles. The lowest BCUT2D eigenvalue weighted by Crippen LogP contribution is -2.35. The first kappa shape index (κ1) is 15.9. The maximum absolute atomic E-state index is 13.9. The summed E-state index contributed by atoms with van der Waals surface area (Å²) in [5.41, 5.74) is 0.560. The Kier molecular flexibility index (Phi) is 4.61. The number of halogens is 1. The lowest BCUT2D eigenvalue weighted by atomic mass is 10.1. The normalized spacial score (nSPS) is 15.0. The van der Waals surface area contributed by atoms with E-state index in [0.717, 1.165) is 25.7 Å². The monoisotopic (exact) mass is 335 g/mol. The Morgan fingerprint density at radius 3 is 2.78 bits per heavy atom. The van der Waals surface area contributed by atoms with Crippen LogP contribution in [0.25, 0.3) is 10.1 Å². The molecule has 0 unspecified atom stereocenters. The number of benzene rings is 1. The summed E-state index contributed by atoms with van der Waals surface area (Å²) in [7, 11) is 0. The van der Waals surface area contributed by atoms with E-state index in [2.05, 4.69) is 5.32 Å². The van der Waals surface area contributed by atoms with E-state index in [1.165, 1.54) is 17.4 Å². The number of fused-ring (bicyclic) bond motifs is 1. The molecule has 1 aliphatic rings. The molecule has 6 heteroatoms. The molecule has 0 spiro atoms. The highest BCUT2D eigenvalue weighted by molar-refractivity contribution is 7.21. The Labute approximate surface area is 137 Å². The van der Waals surface area contributed by atoms with Crippen molar-refractivity contribution in [1.82, 2.24) is 5.32 Å². The van der Waals surface area contributed by atoms with Gasteiger partial charge in [0.05, 0.1) is 0 Å². The third-order valence-electron chi connectivity index (χ3n) is 4.14. The fourth-order valence-electron chi connectivity index (χ4n) is 2.98. The largest absolute Gasteiger partial charge is 0.451 e. The quantitative estimate of drug-likeness (QED) is 0.869. The third kappa shape index (κ3) is 3.37. The van der Waals surface area contributed by atoms with Crippen LogP contribution < -0.4 is 5.32 Å². The lowest BCUT2D eigenvalue weighted by molar-refractivity contribution is -0.124. The number of carbonyl (C=O) groups is 2. The first-order chi connectivity index (χ1) is 11.1. The van der Waals surface area contributed by atoms with Gasteiger partial charge in [-0.15, -0.1) is 11.3 Å². The second-order valence-electron chi connectivity index (χ2n) is 5.79. The van der Waals surface area contributed by atoms with E-state index in [9.17, 15) is 14.0 Å². The number of esters is 1. The molecule has 0 atom stereocenters. The fourth-order valence-corrected chi connectivity index (χ4v) is 4.10. The van der Waals surface area contributed by atoms with Crippen LogP contribution in [0, 0.1) is 12.7 Å². The molecular formula is C17H18FNO3S. The minimum Gasteiger partial charge on any atom is -0.451 e. The molecule has 0 bridgehead atoms. The smallest absolute Gasteiger partial charge is 0.349 e. The molecule has 0 aliphatic heterocycles. The summed E-state index contributed by atoms with van der Waals surface area (Å²) < 4.78 is 19.6. The van der Waals surface area contributed by atoms with Gasteiger partial charge in [-0.2, -0.15) is 0 Å². The van der Waals surface area contributed by atoms with E-state index in [1.54, 1.807) is 19.1 Å². The maximum Gasteiger partial charge on any atom is 0.349 e. The van der Waals surface area contributed by atoms with E-state index < -0.39 is 5.97 Å². The second-order valence-corrected chi connectivity index (χ2v) is 6.85. The van der Waals surface area contributed by atoms with E-state index in [-0.39, 0.29) is 24.4 Å². The van der Waals surface area contributed by atoms with Gasteiger partial charge in [-0.3, -0.25) is 4.79 Å². The van der Waals surface area contributed by atoms with E-state index in [4.69, 9.17) is 4.74 Å². The van der Waals surface area contributed by atoms with Crippen molar-refractivity contribution < 1.29 is 18.7 Å². The van der Waals surface area contributed by atoms with Gasteiger partial charge in [0.1, 0.15) is 10.7 Å². The van der Waals surface area contributed by atoms with Crippen molar-refractivity contribution in [2.24, 2.45) is 0 Å². The second kappa shape index (κ2) is 6.66. The van der Waals surface area contributed by atoms with Crippen LogP contribution in [0.15, 0.2) is 18.2 Å². The highest BCUT2D eigenvalue weighted by Gasteiger charge is 2.21. The van der Waals surface area contributed by atoms with Crippen LogP contribution >= 0.6 is 11.3 Å². The molecule has 1 N–H and O–H groups in total. The van der Waals surface area contributed by atoms with Crippen molar-refractivity contribution in [3.05, 3.63) is 34.5 Å². The summed E-state index contributed by atoms with van der Waals surface area (Å²) in [6.07, 6.45) is 4.21. The zero-order valence-electron chi connectivity index (χ0n) is 12.9. The predicted molar refractivity (Wildman–Crippen MR) is 87.2 cm³/mol. The molecule has 23 heavy (non-hydrogen) atoms. The van der Waals surface area contributed by atoms with Crippen LogP contribution in [-0.4, -0.2) is 24.5 Å².